The van der Waals surface area contributed by atoms with E-state index in [1.807, 2.05) is 20.8 Å². The van der Waals surface area contributed by atoms with Gasteiger partial charge in [0.05, 0.1) is 10.6 Å². The van der Waals surface area contributed by atoms with E-state index in [1.165, 1.54) is 16.2 Å². The first kappa shape index (κ1) is 11.2. The molecule has 0 saturated heterocycles. The lowest BCUT2D eigenvalue weighted by Gasteiger charge is -2.06. The molecule has 1 aromatic heterocycles. The molecule has 14 heavy (non-hydrogen) atoms. The van der Waals surface area contributed by atoms with Gasteiger partial charge < -0.3 is 5.73 Å². The molecule has 0 unspecified atom stereocenters. The van der Waals surface area contributed by atoms with E-state index < -0.39 is 0 Å². The summed E-state index contributed by atoms with van der Waals surface area (Å²) >= 11 is 1.52. The van der Waals surface area contributed by atoms with Gasteiger partial charge in [0.1, 0.15) is 0 Å². The molecule has 0 fully saturated rings. The number of carbonyl (C=O) groups is 1. The van der Waals surface area contributed by atoms with Gasteiger partial charge >= 0.3 is 0 Å². The maximum Gasteiger partial charge on any atom is 0.168 e. The molecule has 2 nitrogen and oxygen atoms in total. The van der Waals surface area contributed by atoms with Crippen molar-refractivity contribution in [1.82, 2.24) is 0 Å². The van der Waals surface area contributed by atoms with Crippen LogP contribution in [0.1, 0.15) is 41.6 Å². The van der Waals surface area contributed by atoms with Crippen molar-refractivity contribution in [3.63, 3.8) is 0 Å². The van der Waals surface area contributed by atoms with E-state index >= 15 is 0 Å². The summed E-state index contributed by atoms with van der Waals surface area (Å²) in [5.74, 6) is 0.195. The Kier molecular flexibility index (Phi) is 3.32. The minimum atomic E-state index is 0.0246. The van der Waals surface area contributed by atoms with Crippen LogP contribution in [0.25, 0.3) is 0 Å². The Balaban J connectivity index is 3.25. The van der Waals surface area contributed by atoms with Crippen LogP contribution in [0.4, 0.5) is 5.00 Å². The first-order valence-corrected chi connectivity index (χ1v) is 5.72. The molecule has 1 heterocycles. The maximum atomic E-state index is 11.9. The van der Waals surface area contributed by atoms with Crippen LogP contribution in [-0.4, -0.2) is 5.78 Å². The number of Topliss-reactive ketones (excluding diaryl/α,β-unsaturated/α-hetero) is 1. The highest BCUT2D eigenvalue weighted by molar-refractivity contribution is 7.16. The van der Waals surface area contributed by atoms with Crippen LogP contribution in [0.5, 0.6) is 0 Å². The molecule has 0 aliphatic heterocycles. The molecule has 0 aliphatic carbocycles. The van der Waals surface area contributed by atoms with Gasteiger partial charge in [-0.05, 0) is 18.9 Å². The third-order valence-electron chi connectivity index (χ3n) is 2.36. The smallest absolute Gasteiger partial charge is 0.168 e. The zero-order valence-corrected chi connectivity index (χ0v) is 9.99. The minimum Gasteiger partial charge on any atom is -0.390 e. The summed E-state index contributed by atoms with van der Waals surface area (Å²) in [6.07, 6.45) is 0.882. The number of carbonyl (C=O) groups excluding carboxylic acids is 1. The number of nitrogens with two attached hydrogens (primary N) is 1. The summed E-state index contributed by atoms with van der Waals surface area (Å²) in [5.41, 5.74) is 7.75. The van der Waals surface area contributed by atoms with E-state index in [9.17, 15) is 4.79 Å². The summed E-state index contributed by atoms with van der Waals surface area (Å²) in [7, 11) is 0. The number of nitrogen functional groups attached to an aromatic ring is 1. The fourth-order valence-electron chi connectivity index (χ4n) is 1.59. The Morgan fingerprint density at radius 3 is 2.50 bits per heavy atom. The third-order valence-corrected chi connectivity index (χ3v) is 3.34. The number of ketones is 1. The predicted molar refractivity (Wildman–Crippen MR) is 62.0 cm³/mol. The normalized spacial score (nSPS) is 10.9. The van der Waals surface area contributed by atoms with E-state index in [-0.39, 0.29) is 11.7 Å². The Bertz CT molecular complexity index is 352. The largest absolute Gasteiger partial charge is 0.390 e. The van der Waals surface area contributed by atoms with E-state index in [1.54, 1.807) is 0 Å². The summed E-state index contributed by atoms with van der Waals surface area (Å²) in [5, 5.41) is 0.679. The van der Waals surface area contributed by atoms with Crippen LogP contribution < -0.4 is 5.73 Å². The first-order valence-electron chi connectivity index (χ1n) is 4.91. The minimum absolute atomic E-state index is 0.0246. The number of rotatable bonds is 3. The number of hydrogen-bond acceptors (Lipinski definition) is 3. The van der Waals surface area contributed by atoms with Gasteiger partial charge in [-0.25, -0.2) is 0 Å². The van der Waals surface area contributed by atoms with Crippen molar-refractivity contribution in [3.05, 3.63) is 16.0 Å². The van der Waals surface area contributed by atoms with Crippen molar-refractivity contribution in [3.8, 4) is 0 Å². The van der Waals surface area contributed by atoms with Gasteiger partial charge in [-0.2, -0.15) is 0 Å². The fourth-order valence-corrected chi connectivity index (χ4v) is 2.61. The summed E-state index contributed by atoms with van der Waals surface area (Å²) in [6.45, 7) is 7.91. The van der Waals surface area contributed by atoms with Crippen molar-refractivity contribution >= 4 is 22.1 Å². The standard InChI is InChI=1S/C11H17NOS/c1-5-8-7(4)14-11(12)9(8)10(13)6(2)3/h6H,5,12H2,1-4H3. The highest BCUT2D eigenvalue weighted by atomic mass is 32.1. The third kappa shape index (κ3) is 1.82. The van der Waals surface area contributed by atoms with Gasteiger partial charge in [0.25, 0.3) is 0 Å². The lowest BCUT2D eigenvalue weighted by atomic mass is 9.97. The predicted octanol–water partition coefficient (Wildman–Crippen LogP) is 3.04. The quantitative estimate of drug-likeness (QED) is 0.781. The van der Waals surface area contributed by atoms with Gasteiger partial charge in [-0.3, -0.25) is 4.79 Å². The molecule has 78 valence electrons. The van der Waals surface area contributed by atoms with Crippen molar-refractivity contribution in [2.45, 2.75) is 34.1 Å². The molecule has 0 aromatic carbocycles. The lowest BCUT2D eigenvalue weighted by Crippen LogP contribution is -2.10. The van der Waals surface area contributed by atoms with Gasteiger partial charge in [0.2, 0.25) is 0 Å². The Hall–Kier alpha value is -0.830. The number of thiophene rings is 1. The molecule has 2 N–H and O–H groups in total. The van der Waals surface area contributed by atoms with Crippen LogP contribution in [0, 0.1) is 12.8 Å². The highest BCUT2D eigenvalue weighted by Gasteiger charge is 2.20. The molecule has 0 bridgehead atoms. The van der Waals surface area contributed by atoms with Crippen LogP contribution in [0.15, 0.2) is 0 Å². The molecular weight excluding hydrogens is 194 g/mol. The Labute approximate surface area is 89.1 Å². The summed E-state index contributed by atoms with van der Waals surface area (Å²) < 4.78 is 0. The summed E-state index contributed by atoms with van der Waals surface area (Å²) in [6, 6.07) is 0. The summed E-state index contributed by atoms with van der Waals surface area (Å²) in [4.78, 5) is 13.1. The Morgan fingerprint density at radius 2 is 2.07 bits per heavy atom. The number of hydrogen-bond donors (Lipinski definition) is 1. The van der Waals surface area contributed by atoms with Crippen LogP contribution in [-0.2, 0) is 6.42 Å². The topological polar surface area (TPSA) is 43.1 Å². The molecule has 0 atom stereocenters. The van der Waals surface area contributed by atoms with Gasteiger partial charge in [0.15, 0.2) is 5.78 Å². The van der Waals surface area contributed by atoms with E-state index in [4.69, 9.17) is 5.73 Å². The fraction of sp³-hybridized carbons (Fsp3) is 0.545. The van der Waals surface area contributed by atoms with Crippen molar-refractivity contribution < 1.29 is 4.79 Å². The molecule has 0 aliphatic rings. The van der Waals surface area contributed by atoms with Gasteiger partial charge in [0, 0.05) is 10.8 Å². The van der Waals surface area contributed by atoms with Crippen molar-refractivity contribution in [2.75, 3.05) is 5.73 Å². The van der Waals surface area contributed by atoms with Crippen LogP contribution >= 0.6 is 11.3 Å². The zero-order chi connectivity index (χ0) is 10.9. The van der Waals surface area contributed by atoms with E-state index in [0.717, 1.165) is 17.5 Å². The second-order valence-corrected chi connectivity index (χ2v) is 5.00. The molecule has 0 saturated carbocycles. The molecule has 1 rings (SSSR count). The molecule has 0 amide bonds. The first-order chi connectivity index (χ1) is 6.49. The van der Waals surface area contributed by atoms with Crippen LogP contribution in [0.2, 0.25) is 0 Å². The molecule has 3 heteroatoms. The van der Waals surface area contributed by atoms with Gasteiger partial charge in [-0.1, -0.05) is 20.8 Å². The number of aryl methyl sites for hydroxylation is 1. The molecule has 0 spiro atoms. The van der Waals surface area contributed by atoms with Crippen molar-refractivity contribution in [2.24, 2.45) is 5.92 Å². The monoisotopic (exact) mass is 211 g/mol. The maximum absolute atomic E-state index is 11.9. The lowest BCUT2D eigenvalue weighted by molar-refractivity contribution is 0.0940. The Morgan fingerprint density at radius 1 is 1.50 bits per heavy atom. The average molecular weight is 211 g/mol. The highest BCUT2D eigenvalue weighted by Crippen LogP contribution is 2.32. The SMILES string of the molecule is CCc1c(C)sc(N)c1C(=O)C(C)C. The molecule has 1 aromatic rings. The second-order valence-electron chi connectivity index (χ2n) is 3.75. The second kappa shape index (κ2) is 4.13. The number of anilines is 1. The van der Waals surface area contributed by atoms with Crippen molar-refractivity contribution in [1.29, 1.82) is 0 Å². The van der Waals surface area contributed by atoms with E-state index in [2.05, 4.69) is 6.92 Å². The van der Waals surface area contributed by atoms with Crippen LogP contribution in [0.3, 0.4) is 0 Å². The average Bonchev–Trinajstić information content (AvgIpc) is 2.38. The molecular formula is C11H17NOS. The van der Waals surface area contributed by atoms with Gasteiger partial charge in [-0.15, -0.1) is 11.3 Å². The zero-order valence-electron chi connectivity index (χ0n) is 9.18. The molecule has 0 radical (unpaired) electrons. The van der Waals surface area contributed by atoms with E-state index in [0.29, 0.717) is 5.00 Å².